The molecule has 1 aromatic heterocycles. The number of methoxy groups -OCH3 is 1. The van der Waals surface area contributed by atoms with E-state index in [0.29, 0.717) is 29.0 Å². The summed E-state index contributed by atoms with van der Waals surface area (Å²) in [6.07, 6.45) is 0. The Morgan fingerprint density at radius 1 is 1.19 bits per heavy atom. The molecule has 0 unspecified atom stereocenters. The van der Waals surface area contributed by atoms with E-state index in [1.54, 1.807) is 18.2 Å². The SMILES string of the molecule is COc1cc(CNc2nn[nH]n2)c(Cl)cc1OCc1c(F)cccc1Cl. The quantitative estimate of drug-likeness (QED) is 0.629. The molecule has 1 heterocycles. The number of rotatable bonds is 7. The average molecular weight is 398 g/mol. The van der Waals surface area contributed by atoms with Crippen molar-refractivity contribution >= 4 is 29.2 Å². The molecule has 0 aliphatic carbocycles. The zero-order chi connectivity index (χ0) is 18.5. The van der Waals surface area contributed by atoms with Crippen LogP contribution in [0.3, 0.4) is 0 Å². The van der Waals surface area contributed by atoms with Gasteiger partial charge in [-0.2, -0.15) is 5.21 Å². The smallest absolute Gasteiger partial charge is 0.263 e. The van der Waals surface area contributed by atoms with Crippen LogP contribution < -0.4 is 14.8 Å². The van der Waals surface area contributed by atoms with E-state index in [2.05, 4.69) is 25.9 Å². The molecule has 0 radical (unpaired) electrons. The standard InChI is InChI=1S/C16H14Cl2FN5O2/c1-25-14-5-9(7-20-16-21-23-24-22-16)12(18)6-15(14)26-8-10-11(17)3-2-4-13(10)19/h2-6H,7-8H2,1H3,(H2,20,21,22,23,24). The molecule has 0 amide bonds. The van der Waals surface area contributed by atoms with Crippen LogP contribution in [0.25, 0.3) is 0 Å². The predicted octanol–water partition coefficient (Wildman–Crippen LogP) is 3.85. The molecule has 0 aliphatic heterocycles. The third-order valence-corrected chi connectivity index (χ3v) is 4.25. The summed E-state index contributed by atoms with van der Waals surface area (Å²) in [5.74, 6) is 0.727. The molecule has 7 nitrogen and oxygen atoms in total. The van der Waals surface area contributed by atoms with E-state index >= 15 is 0 Å². The lowest BCUT2D eigenvalue weighted by Gasteiger charge is -2.15. The van der Waals surface area contributed by atoms with E-state index in [9.17, 15) is 4.39 Å². The number of ether oxygens (including phenoxy) is 2. The molecule has 2 N–H and O–H groups in total. The van der Waals surface area contributed by atoms with Gasteiger partial charge in [-0.25, -0.2) is 4.39 Å². The first-order valence-electron chi connectivity index (χ1n) is 7.48. The van der Waals surface area contributed by atoms with Crippen LogP contribution in [0.4, 0.5) is 10.3 Å². The Morgan fingerprint density at radius 3 is 2.73 bits per heavy atom. The Kier molecular flexibility index (Phi) is 5.75. The number of nitrogens with zero attached hydrogens (tertiary/aromatic N) is 3. The van der Waals surface area contributed by atoms with E-state index in [0.717, 1.165) is 5.56 Å². The van der Waals surface area contributed by atoms with Crippen LogP contribution in [0.15, 0.2) is 30.3 Å². The summed E-state index contributed by atoms with van der Waals surface area (Å²) in [6.45, 7) is 0.298. The van der Waals surface area contributed by atoms with Gasteiger partial charge in [0.2, 0.25) is 0 Å². The highest BCUT2D eigenvalue weighted by atomic mass is 35.5. The van der Waals surface area contributed by atoms with E-state index in [1.165, 1.54) is 19.2 Å². The average Bonchev–Trinajstić information content (AvgIpc) is 3.14. The first kappa shape index (κ1) is 18.2. The lowest BCUT2D eigenvalue weighted by Crippen LogP contribution is -2.04. The van der Waals surface area contributed by atoms with Gasteiger partial charge in [0.15, 0.2) is 11.5 Å². The zero-order valence-corrected chi connectivity index (χ0v) is 15.1. The maximum atomic E-state index is 13.9. The molecule has 3 rings (SSSR count). The fraction of sp³-hybridized carbons (Fsp3) is 0.188. The van der Waals surface area contributed by atoms with Gasteiger partial charge < -0.3 is 14.8 Å². The number of halogens is 3. The molecule has 3 aromatic rings. The largest absolute Gasteiger partial charge is 0.493 e. The van der Waals surface area contributed by atoms with E-state index in [4.69, 9.17) is 32.7 Å². The summed E-state index contributed by atoms with van der Waals surface area (Å²) < 4.78 is 24.9. The molecular formula is C16H14Cl2FN5O2. The summed E-state index contributed by atoms with van der Waals surface area (Å²) in [5.41, 5.74) is 1.000. The van der Waals surface area contributed by atoms with Gasteiger partial charge in [0.05, 0.1) is 12.1 Å². The first-order chi connectivity index (χ1) is 12.6. The summed E-state index contributed by atoms with van der Waals surface area (Å²) >= 11 is 12.3. The van der Waals surface area contributed by atoms with Gasteiger partial charge in [-0.1, -0.05) is 34.4 Å². The van der Waals surface area contributed by atoms with Gasteiger partial charge in [0.25, 0.3) is 5.95 Å². The van der Waals surface area contributed by atoms with E-state index in [1.807, 2.05) is 0 Å². The van der Waals surface area contributed by atoms with Gasteiger partial charge in [-0.3, -0.25) is 0 Å². The highest BCUT2D eigenvalue weighted by Gasteiger charge is 2.14. The van der Waals surface area contributed by atoms with Crippen LogP contribution in [-0.4, -0.2) is 27.7 Å². The molecule has 0 saturated heterocycles. The van der Waals surface area contributed by atoms with Crippen molar-refractivity contribution in [1.29, 1.82) is 0 Å². The van der Waals surface area contributed by atoms with Crippen molar-refractivity contribution < 1.29 is 13.9 Å². The van der Waals surface area contributed by atoms with Crippen molar-refractivity contribution in [2.75, 3.05) is 12.4 Å². The summed E-state index contributed by atoms with van der Waals surface area (Å²) in [4.78, 5) is 0. The molecule has 136 valence electrons. The topological polar surface area (TPSA) is 85.0 Å². The molecule has 0 atom stereocenters. The van der Waals surface area contributed by atoms with Crippen molar-refractivity contribution in [1.82, 2.24) is 20.6 Å². The zero-order valence-electron chi connectivity index (χ0n) is 13.6. The van der Waals surface area contributed by atoms with Gasteiger partial charge in [0, 0.05) is 23.2 Å². The number of nitrogens with one attached hydrogen (secondary N) is 2. The maximum absolute atomic E-state index is 13.9. The monoisotopic (exact) mass is 397 g/mol. The third kappa shape index (κ3) is 4.14. The Labute approximate surface area is 158 Å². The molecular weight excluding hydrogens is 384 g/mol. The molecule has 26 heavy (non-hydrogen) atoms. The van der Waals surface area contributed by atoms with Gasteiger partial charge >= 0.3 is 0 Å². The van der Waals surface area contributed by atoms with Crippen molar-refractivity contribution in [2.24, 2.45) is 0 Å². The number of aromatic nitrogens is 4. The third-order valence-electron chi connectivity index (χ3n) is 3.55. The van der Waals surface area contributed by atoms with E-state index < -0.39 is 5.82 Å². The Hall–Kier alpha value is -2.58. The van der Waals surface area contributed by atoms with Crippen LogP contribution in [-0.2, 0) is 13.2 Å². The lowest BCUT2D eigenvalue weighted by atomic mass is 10.2. The number of aromatic amines is 1. The normalized spacial score (nSPS) is 10.6. The van der Waals surface area contributed by atoms with Crippen LogP contribution in [0, 0.1) is 5.82 Å². The molecule has 0 aliphatic rings. The fourth-order valence-corrected chi connectivity index (χ4v) is 2.65. The number of benzene rings is 2. The molecule has 0 spiro atoms. The highest BCUT2D eigenvalue weighted by Crippen LogP contribution is 2.34. The van der Waals surface area contributed by atoms with Crippen molar-refractivity contribution in [3.05, 3.63) is 57.3 Å². The minimum Gasteiger partial charge on any atom is -0.493 e. The van der Waals surface area contributed by atoms with Crippen molar-refractivity contribution in [3.63, 3.8) is 0 Å². The molecule has 10 heteroatoms. The molecule has 0 fully saturated rings. The molecule has 0 saturated carbocycles. The lowest BCUT2D eigenvalue weighted by molar-refractivity contribution is 0.279. The summed E-state index contributed by atoms with van der Waals surface area (Å²) in [7, 11) is 1.50. The molecule has 2 aromatic carbocycles. The Morgan fingerprint density at radius 2 is 2.04 bits per heavy atom. The number of tetrazole rings is 1. The van der Waals surface area contributed by atoms with Crippen molar-refractivity contribution in [2.45, 2.75) is 13.2 Å². The van der Waals surface area contributed by atoms with Gasteiger partial charge in [0.1, 0.15) is 12.4 Å². The minimum absolute atomic E-state index is 0.0569. The Balaban J connectivity index is 1.76. The number of H-pyrrole nitrogens is 1. The minimum atomic E-state index is -0.441. The fourth-order valence-electron chi connectivity index (χ4n) is 2.22. The number of hydrogen-bond donors (Lipinski definition) is 2. The van der Waals surface area contributed by atoms with Crippen LogP contribution in [0.5, 0.6) is 11.5 Å². The van der Waals surface area contributed by atoms with Crippen molar-refractivity contribution in [3.8, 4) is 11.5 Å². The highest BCUT2D eigenvalue weighted by molar-refractivity contribution is 6.31. The van der Waals surface area contributed by atoms with Crippen LogP contribution >= 0.6 is 23.2 Å². The Bertz CT molecular complexity index is 872. The predicted molar refractivity (Wildman–Crippen MR) is 95.3 cm³/mol. The second-order valence-electron chi connectivity index (χ2n) is 5.17. The number of anilines is 1. The van der Waals surface area contributed by atoms with Crippen LogP contribution in [0.2, 0.25) is 10.0 Å². The second kappa shape index (κ2) is 8.20. The maximum Gasteiger partial charge on any atom is 0.263 e. The second-order valence-corrected chi connectivity index (χ2v) is 5.99. The van der Waals surface area contributed by atoms with Gasteiger partial charge in [-0.05, 0) is 29.0 Å². The summed E-state index contributed by atoms with van der Waals surface area (Å²) in [5, 5.41) is 17.1. The first-order valence-corrected chi connectivity index (χ1v) is 8.23. The van der Waals surface area contributed by atoms with Gasteiger partial charge in [-0.15, -0.1) is 5.10 Å². The van der Waals surface area contributed by atoms with Crippen LogP contribution in [0.1, 0.15) is 11.1 Å². The molecule has 0 bridgehead atoms. The number of hydrogen-bond acceptors (Lipinski definition) is 6. The van der Waals surface area contributed by atoms with E-state index in [-0.39, 0.29) is 17.2 Å². The summed E-state index contributed by atoms with van der Waals surface area (Å²) in [6, 6.07) is 7.77.